The second kappa shape index (κ2) is 9.98. The first kappa shape index (κ1) is 21.4. The molecule has 0 unspecified atom stereocenters. The van der Waals surface area contributed by atoms with Crippen LogP contribution in [-0.4, -0.2) is 49.2 Å². The molecule has 0 radical (unpaired) electrons. The molecule has 2 saturated heterocycles. The average Bonchev–Trinajstić information content (AvgIpc) is 2.84. The minimum atomic E-state index is -0.0235. The number of piperidine rings is 2. The van der Waals surface area contributed by atoms with E-state index in [0.29, 0.717) is 0 Å². The second-order valence-corrected chi connectivity index (χ2v) is 8.54. The maximum absolute atomic E-state index is 12.9. The van der Waals surface area contributed by atoms with Gasteiger partial charge in [0.2, 0.25) is 5.91 Å². The normalized spacial score (nSPS) is 18.5. The van der Waals surface area contributed by atoms with Crippen LogP contribution in [-0.2, 0) is 4.79 Å². The fourth-order valence-electron chi connectivity index (χ4n) is 4.58. The van der Waals surface area contributed by atoms with Crippen molar-refractivity contribution in [1.82, 2.24) is 15.3 Å². The summed E-state index contributed by atoms with van der Waals surface area (Å²) in [5, 5.41) is 3.19. The van der Waals surface area contributed by atoms with Crippen LogP contribution >= 0.6 is 0 Å². The lowest BCUT2D eigenvalue weighted by atomic mass is 9.95. The molecule has 1 atom stereocenters. The van der Waals surface area contributed by atoms with Crippen molar-refractivity contribution < 1.29 is 9.53 Å². The molecule has 0 bridgehead atoms. The van der Waals surface area contributed by atoms with Crippen LogP contribution in [0, 0.1) is 5.92 Å². The van der Waals surface area contributed by atoms with Gasteiger partial charge in [-0.1, -0.05) is 12.1 Å². The molecule has 4 rings (SSSR count). The fraction of sp³-hybridized carbons (Fsp3) is 0.542. The summed E-state index contributed by atoms with van der Waals surface area (Å²) in [7, 11) is 1.66. The Hall–Kier alpha value is -2.83. The Morgan fingerprint density at radius 1 is 1.06 bits per heavy atom. The summed E-state index contributed by atoms with van der Waals surface area (Å²) in [6.07, 6.45) is 9.00. The van der Waals surface area contributed by atoms with Gasteiger partial charge < -0.3 is 19.9 Å². The lowest BCUT2D eigenvalue weighted by Gasteiger charge is -2.36. The molecule has 1 N–H and O–H groups in total. The zero-order chi connectivity index (χ0) is 21.6. The van der Waals surface area contributed by atoms with Gasteiger partial charge in [0.25, 0.3) is 0 Å². The van der Waals surface area contributed by atoms with Gasteiger partial charge in [0.1, 0.15) is 12.1 Å². The van der Waals surface area contributed by atoms with Crippen LogP contribution in [0.2, 0.25) is 0 Å². The third-order valence-electron chi connectivity index (χ3n) is 6.51. The van der Waals surface area contributed by atoms with Gasteiger partial charge in [0.15, 0.2) is 5.82 Å². The van der Waals surface area contributed by atoms with Crippen LogP contribution in [0.4, 0.5) is 11.5 Å². The largest absolute Gasteiger partial charge is 0.497 e. The highest BCUT2D eigenvalue weighted by Crippen LogP contribution is 2.31. The quantitative estimate of drug-likeness (QED) is 0.766. The molecule has 2 aliphatic rings. The van der Waals surface area contributed by atoms with E-state index in [2.05, 4.69) is 25.1 Å². The number of amides is 1. The number of rotatable bonds is 6. The third kappa shape index (κ3) is 5.09. The first-order valence-corrected chi connectivity index (χ1v) is 11.4. The lowest BCUT2D eigenvalue weighted by Crippen LogP contribution is -2.42. The third-order valence-corrected chi connectivity index (χ3v) is 6.51. The summed E-state index contributed by atoms with van der Waals surface area (Å²) in [5.74, 6) is 2.05. The molecule has 0 spiro atoms. The minimum Gasteiger partial charge on any atom is -0.497 e. The molecule has 2 aliphatic heterocycles. The second-order valence-electron chi connectivity index (χ2n) is 8.54. The summed E-state index contributed by atoms with van der Waals surface area (Å²) in [6.45, 7) is 5.85. The van der Waals surface area contributed by atoms with E-state index in [1.165, 1.54) is 19.3 Å². The Morgan fingerprint density at radius 2 is 1.77 bits per heavy atom. The SMILES string of the molecule is COc1ccc([C@@H](C)NC(=O)C2CCN(c3cncnc3N3CCCCC3)CC2)cc1. The molecule has 2 fully saturated rings. The van der Waals surface area contributed by atoms with Crippen molar-refractivity contribution in [1.29, 1.82) is 0 Å². The first-order chi connectivity index (χ1) is 15.2. The van der Waals surface area contributed by atoms with E-state index in [9.17, 15) is 4.79 Å². The Bertz CT molecular complexity index is 859. The molecule has 1 aromatic carbocycles. The van der Waals surface area contributed by atoms with Gasteiger partial charge in [0, 0.05) is 32.1 Å². The van der Waals surface area contributed by atoms with E-state index in [0.717, 1.165) is 61.8 Å². The molecular formula is C24H33N5O2. The molecule has 0 saturated carbocycles. The number of anilines is 2. The molecule has 1 amide bonds. The van der Waals surface area contributed by atoms with Crippen molar-refractivity contribution in [3.05, 3.63) is 42.4 Å². The number of nitrogens with one attached hydrogen (secondary N) is 1. The number of hydrogen-bond donors (Lipinski definition) is 1. The maximum Gasteiger partial charge on any atom is 0.223 e. The monoisotopic (exact) mass is 423 g/mol. The molecule has 7 heteroatoms. The number of ether oxygens (including phenoxy) is 1. The number of aromatic nitrogens is 2. The molecule has 3 heterocycles. The Labute approximate surface area is 184 Å². The Morgan fingerprint density at radius 3 is 2.45 bits per heavy atom. The van der Waals surface area contributed by atoms with Crippen molar-refractivity contribution >= 4 is 17.4 Å². The van der Waals surface area contributed by atoms with Crippen molar-refractivity contribution in [2.75, 3.05) is 43.1 Å². The summed E-state index contributed by atoms with van der Waals surface area (Å²) < 4.78 is 5.21. The summed E-state index contributed by atoms with van der Waals surface area (Å²) in [5.41, 5.74) is 2.19. The number of hydrogen-bond acceptors (Lipinski definition) is 6. The summed E-state index contributed by atoms with van der Waals surface area (Å²) in [6, 6.07) is 7.84. The van der Waals surface area contributed by atoms with Gasteiger partial charge in [-0.05, 0) is 56.7 Å². The summed E-state index contributed by atoms with van der Waals surface area (Å²) in [4.78, 5) is 26.5. The maximum atomic E-state index is 12.9. The van der Waals surface area contributed by atoms with E-state index in [1.807, 2.05) is 37.4 Å². The fourth-order valence-corrected chi connectivity index (χ4v) is 4.58. The predicted molar refractivity (Wildman–Crippen MR) is 123 cm³/mol. The van der Waals surface area contributed by atoms with Crippen molar-refractivity contribution in [3.8, 4) is 5.75 Å². The molecule has 7 nitrogen and oxygen atoms in total. The molecule has 1 aromatic heterocycles. The Balaban J connectivity index is 1.34. The number of carbonyl (C=O) groups excluding carboxylic acids is 1. The van der Waals surface area contributed by atoms with Gasteiger partial charge >= 0.3 is 0 Å². The predicted octanol–water partition coefficient (Wildman–Crippen LogP) is 3.57. The number of benzene rings is 1. The number of methoxy groups -OCH3 is 1. The smallest absolute Gasteiger partial charge is 0.223 e. The zero-order valence-corrected chi connectivity index (χ0v) is 18.6. The van der Waals surface area contributed by atoms with E-state index in [4.69, 9.17) is 4.74 Å². The van der Waals surface area contributed by atoms with E-state index in [1.54, 1.807) is 13.4 Å². The minimum absolute atomic E-state index is 0.0235. The molecule has 0 aliphatic carbocycles. The van der Waals surface area contributed by atoms with Crippen LogP contribution < -0.4 is 19.9 Å². The van der Waals surface area contributed by atoms with Crippen LogP contribution in [0.15, 0.2) is 36.8 Å². The van der Waals surface area contributed by atoms with E-state index >= 15 is 0 Å². The molecule has 31 heavy (non-hydrogen) atoms. The average molecular weight is 424 g/mol. The van der Waals surface area contributed by atoms with E-state index in [-0.39, 0.29) is 17.9 Å². The van der Waals surface area contributed by atoms with Gasteiger partial charge in [-0.3, -0.25) is 4.79 Å². The number of nitrogens with zero attached hydrogens (tertiary/aromatic N) is 4. The van der Waals surface area contributed by atoms with Crippen LogP contribution in [0.3, 0.4) is 0 Å². The molecule has 2 aromatic rings. The van der Waals surface area contributed by atoms with Crippen LogP contribution in [0.5, 0.6) is 5.75 Å². The first-order valence-electron chi connectivity index (χ1n) is 11.4. The highest BCUT2D eigenvalue weighted by molar-refractivity contribution is 5.79. The van der Waals surface area contributed by atoms with Crippen LogP contribution in [0.25, 0.3) is 0 Å². The Kier molecular flexibility index (Phi) is 6.89. The highest BCUT2D eigenvalue weighted by Gasteiger charge is 2.28. The topological polar surface area (TPSA) is 70.6 Å². The van der Waals surface area contributed by atoms with Gasteiger partial charge in [-0.15, -0.1) is 0 Å². The molecular weight excluding hydrogens is 390 g/mol. The molecule has 166 valence electrons. The zero-order valence-electron chi connectivity index (χ0n) is 18.6. The van der Waals surface area contributed by atoms with Gasteiger partial charge in [-0.2, -0.15) is 0 Å². The van der Waals surface area contributed by atoms with Crippen LogP contribution in [0.1, 0.15) is 50.6 Å². The van der Waals surface area contributed by atoms with Crippen molar-refractivity contribution in [3.63, 3.8) is 0 Å². The standard InChI is InChI=1S/C24H33N5O2/c1-18(19-6-8-21(31-2)9-7-19)27-24(30)20-10-14-28(15-11-20)22-16-25-17-26-23(22)29-12-4-3-5-13-29/h6-9,16-18,20H,3-5,10-15H2,1-2H3,(H,27,30)/t18-/m1/s1. The van der Waals surface area contributed by atoms with Gasteiger partial charge in [-0.25, -0.2) is 9.97 Å². The lowest BCUT2D eigenvalue weighted by molar-refractivity contribution is -0.126. The summed E-state index contributed by atoms with van der Waals surface area (Å²) >= 11 is 0. The van der Waals surface area contributed by atoms with Crippen molar-refractivity contribution in [2.45, 2.75) is 45.1 Å². The number of carbonyl (C=O) groups is 1. The van der Waals surface area contributed by atoms with Gasteiger partial charge in [0.05, 0.1) is 25.0 Å². The van der Waals surface area contributed by atoms with E-state index < -0.39 is 0 Å². The van der Waals surface area contributed by atoms with Crippen molar-refractivity contribution in [2.24, 2.45) is 5.92 Å². The highest BCUT2D eigenvalue weighted by atomic mass is 16.5.